The number of ketones is 1. The minimum absolute atomic E-state index is 0.0574. The Hall–Kier alpha value is -3.54. The van der Waals surface area contributed by atoms with E-state index in [1.165, 1.54) is 0 Å². The number of H-pyrrole nitrogens is 1. The number of rotatable bonds is 4. The molecule has 6 nitrogen and oxygen atoms in total. The molecule has 0 radical (unpaired) electrons. The lowest BCUT2D eigenvalue weighted by molar-refractivity contribution is -0.133. The summed E-state index contributed by atoms with van der Waals surface area (Å²) in [4.78, 5) is 40.1. The number of benzene rings is 1. The molecule has 0 fully saturated rings. The molecule has 3 aromatic rings. The highest BCUT2D eigenvalue weighted by molar-refractivity contribution is 6.10. The topological polar surface area (TPSA) is 79.0 Å². The number of amides is 1. The van der Waals surface area contributed by atoms with Crippen molar-refractivity contribution < 1.29 is 9.59 Å². The van der Waals surface area contributed by atoms with Gasteiger partial charge in [-0.3, -0.25) is 14.6 Å². The molecule has 1 atom stereocenters. The molecule has 0 saturated carbocycles. The number of hydrogen-bond donors (Lipinski definition) is 1. The van der Waals surface area contributed by atoms with Gasteiger partial charge >= 0.3 is 0 Å². The molecule has 1 N–H and O–H groups in total. The van der Waals surface area contributed by atoms with Gasteiger partial charge in [0, 0.05) is 36.9 Å². The quantitative estimate of drug-likeness (QED) is 0.730. The summed E-state index contributed by atoms with van der Waals surface area (Å²) in [6, 6.07) is 15.3. The van der Waals surface area contributed by atoms with E-state index in [1.54, 1.807) is 12.5 Å². The molecule has 5 rings (SSSR count). The highest BCUT2D eigenvalue weighted by atomic mass is 16.2. The molecule has 1 aliphatic carbocycles. The van der Waals surface area contributed by atoms with Crippen LogP contribution in [0.15, 0.2) is 66.6 Å². The molecule has 2 aliphatic rings. The van der Waals surface area contributed by atoms with Gasteiger partial charge in [-0.05, 0) is 29.7 Å². The Bertz CT molecular complexity index is 1120. The van der Waals surface area contributed by atoms with E-state index in [1.807, 2.05) is 53.4 Å². The van der Waals surface area contributed by atoms with E-state index < -0.39 is 0 Å². The number of carbonyl (C=O) groups is 2. The molecule has 3 heterocycles. The van der Waals surface area contributed by atoms with Crippen LogP contribution in [0.2, 0.25) is 0 Å². The SMILES string of the molecule is O=C1CCC(c2ccccc2)=C1CC(=O)N1CCc2[nH]cnc2C1c1ccccn1. The first-order valence-electron chi connectivity index (χ1n) is 10.3. The smallest absolute Gasteiger partial charge is 0.228 e. The molecule has 2 aromatic heterocycles. The van der Waals surface area contributed by atoms with Gasteiger partial charge in [-0.15, -0.1) is 0 Å². The standard InChI is InChI=1S/C24H22N4O2/c29-21-10-9-17(16-6-2-1-3-7-16)18(21)14-22(30)28-13-11-19-23(27-15-26-19)24(28)20-8-4-5-12-25-20/h1-8,12,15,24H,9-11,13-14H2,(H,26,27). The maximum absolute atomic E-state index is 13.5. The molecule has 0 bridgehead atoms. The fourth-order valence-electron chi connectivity index (χ4n) is 4.51. The number of imidazole rings is 1. The van der Waals surface area contributed by atoms with Gasteiger partial charge < -0.3 is 9.88 Å². The Morgan fingerprint density at radius 2 is 1.87 bits per heavy atom. The lowest BCUT2D eigenvalue weighted by Crippen LogP contribution is -2.41. The van der Waals surface area contributed by atoms with E-state index in [2.05, 4.69) is 15.0 Å². The van der Waals surface area contributed by atoms with Crippen molar-refractivity contribution in [3.8, 4) is 0 Å². The number of fused-ring (bicyclic) bond motifs is 1. The Morgan fingerprint density at radius 1 is 1.03 bits per heavy atom. The lowest BCUT2D eigenvalue weighted by Gasteiger charge is -2.34. The van der Waals surface area contributed by atoms with Crippen LogP contribution >= 0.6 is 0 Å². The van der Waals surface area contributed by atoms with Gasteiger partial charge in [0.05, 0.1) is 24.1 Å². The van der Waals surface area contributed by atoms with Crippen molar-refractivity contribution >= 4 is 17.3 Å². The van der Waals surface area contributed by atoms with Crippen molar-refractivity contribution in [3.63, 3.8) is 0 Å². The van der Waals surface area contributed by atoms with Gasteiger partial charge in [0.15, 0.2) is 5.78 Å². The van der Waals surface area contributed by atoms with Crippen LogP contribution in [0.3, 0.4) is 0 Å². The third kappa shape index (κ3) is 3.24. The van der Waals surface area contributed by atoms with Crippen molar-refractivity contribution in [2.45, 2.75) is 31.7 Å². The van der Waals surface area contributed by atoms with Gasteiger partial charge in [-0.25, -0.2) is 4.98 Å². The molecular weight excluding hydrogens is 376 g/mol. The number of nitrogens with one attached hydrogen (secondary N) is 1. The van der Waals surface area contributed by atoms with Crippen LogP contribution in [0.25, 0.3) is 5.57 Å². The minimum Gasteiger partial charge on any atom is -0.348 e. The molecular formula is C24H22N4O2. The van der Waals surface area contributed by atoms with Crippen molar-refractivity contribution in [3.05, 3.63) is 89.3 Å². The highest BCUT2D eigenvalue weighted by Gasteiger charge is 2.36. The molecule has 1 unspecified atom stereocenters. The Kier molecular flexibility index (Phi) is 4.75. The molecule has 1 aromatic carbocycles. The number of hydrogen-bond acceptors (Lipinski definition) is 4. The first-order valence-corrected chi connectivity index (χ1v) is 10.3. The van der Waals surface area contributed by atoms with Gasteiger partial charge in [-0.1, -0.05) is 36.4 Å². The Labute approximate surface area is 174 Å². The summed E-state index contributed by atoms with van der Waals surface area (Å²) in [7, 11) is 0. The number of allylic oxidation sites excluding steroid dienone is 1. The van der Waals surface area contributed by atoms with Gasteiger partial charge in [0.2, 0.25) is 5.91 Å². The predicted molar refractivity (Wildman–Crippen MR) is 112 cm³/mol. The number of pyridine rings is 1. The molecule has 1 amide bonds. The van der Waals surface area contributed by atoms with E-state index in [4.69, 9.17) is 0 Å². The summed E-state index contributed by atoms with van der Waals surface area (Å²) in [5.41, 5.74) is 5.34. The number of Topliss-reactive ketones (excluding diaryl/α,β-unsaturated/α-hetero) is 1. The molecule has 0 saturated heterocycles. The maximum atomic E-state index is 13.5. The van der Waals surface area contributed by atoms with Crippen LogP contribution in [0, 0.1) is 0 Å². The fraction of sp³-hybridized carbons (Fsp3) is 0.250. The van der Waals surface area contributed by atoms with E-state index in [9.17, 15) is 9.59 Å². The van der Waals surface area contributed by atoms with Crippen molar-refractivity contribution in [1.29, 1.82) is 0 Å². The van der Waals surface area contributed by atoms with E-state index in [0.717, 1.165) is 28.2 Å². The average molecular weight is 398 g/mol. The van der Waals surface area contributed by atoms with Crippen molar-refractivity contribution in [2.24, 2.45) is 0 Å². The Morgan fingerprint density at radius 3 is 2.67 bits per heavy atom. The van der Waals surface area contributed by atoms with Crippen molar-refractivity contribution in [1.82, 2.24) is 19.9 Å². The lowest BCUT2D eigenvalue weighted by atomic mass is 9.96. The van der Waals surface area contributed by atoms with Crippen LogP contribution in [0.1, 0.15) is 47.9 Å². The molecule has 1 aliphatic heterocycles. The summed E-state index contributed by atoms with van der Waals surface area (Å²) >= 11 is 0. The van der Waals surface area contributed by atoms with Crippen LogP contribution in [-0.2, 0) is 16.0 Å². The number of aromatic nitrogens is 3. The third-order valence-corrected chi connectivity index (χ3v) is 5.97. The van der Waals surface area contributed by atoms with Gasteiger partial charge in [-0.2, -0.15) is 0 Å². The first kappa shape index (κ1) is 18.5. The van der Waals surface area contributed by atoms with Crippen LogP contribution in [0.5, 0.6) is 0 Å². The molecule has 150 valence electrons. The summed E-state index contributed by atoms with van der Waals surface area (Å²) in [5.74, 6) is 0.0204. The maximum Gasteiger partial charge on any atom is 0.228 e. The zero-order valence-electron chi connectivity index (χ0n) is 16.5. The zero-order valence-corrected chi connectivity index (χ0v) is 16.5. The van der Waals surface area contributed by atoms with E-state index in [0.29, 0.717) is 31.4 Å². The van der Waals surface area contributed by atoms with Crippen LogP contribution < -0.4 is 0 Å². The average Bonchev–Trinajstić information content (AvgIpc) is 3.41. The molecule has 6 heteroatoms. The second kappa shape index (κ2) is 7.71. The third-order valence-electron chi connectivity index (χ3n) is 5.97. The summed E-state index contributed by atoms with van der Waals surface area (Å²) in [6.45, 7) is 0.567. The monoisotopic (exact) mass is 398 g/mol. The number of carbonyl (C=O) groups excluding carboxylic acids is 2. The fourth-order valence-corrected chi connectivity index (χ4v) is 4.51. The minimum atomic E-state index is -0.342. The van der Waals surface area contributed by atoms with E-state index >= 15 is 0 Å². The van der Waals surface area contributed by atoms with E-state index in [-0.39, 0.29) is 24.2 Å². The molecule has 0 spiro atoms. The van der Waals surface area contributed by atoms with Crippen molar-refractivity contribution in [2.75, 3.05) is 6.54 Å². The Balaban J connectivity index is 1.49. The predicted octanol–water partition coefficient (Wildman–Crippen LogP) is 3.49. The zero-order chi connectivity index (χ0) is 20.5. The summed E-state index contributed by atoms with van der Waals surface area (Å²) < 4.78 is 0. The summed E-state index contributed by atoms with van der Waals surface area (Å²) in [5, 5.41) is 0. The highest BCUT2D eigenvalue weighted by Crippen LogP contribution is 2.36. The number of nitrogens with zero attached hydrogens (tertiary/aromatic N) is 3. The van der Waals surface area contributed by atoms with Gasteiger partial charge in [0.25, 0.3) is 0 Å². The summed E-state index contributed by atoms with van der Waals surface area (Å²) in [6.07, 6.45) is 5.40. The first-order chi connectivity index (χ1) is 14.7. The largest absolute Gasteiger partial charge is 0.348 e. The second-order valence-corrected chi connectivity index (χ2v) is 7.68. The van der Waals surface area contributed by atoms with Crippen LogP contribution in [-0.4, -0.2) is 38.1 Å². The number of aromatic amines is 1. The molecule has 30 heavy (non-hydrogen) atoms. The normalized spacial score (nSPS) is 18.6. The second-order valence-electron chi connectivity index (χ2n) is 7.68. The van der Waals surface area contributed by atoms with Crippen LogP contribution in [0.4, 0.5) is 0 Å². The van der Waals surface area contributed by atoms with Gasteiger partial charge in [0.1, 0.15) is 6.04 Å².